The molecule has 1 aliphatic heterocycles. The number of aromatic nitrogens is 4. The first-order valence-electron chi connectivity index (χ1n) is 11.1. The van der Waals surface area contributed by atoms with Gasteiger partial charge >= 0.3 is 0 Å². The molecule has 0 bridgehead atoms. The molecule has 1 saturated heterocycles. The van der Waals surface area contributed by atoms with Crippen molar-refractivity contribution in [3.05, 3.63) is 52.8 Å². The van der Waals surface area contributed by atoms with Crippen molar-refractivity contribution in [2.24, 2.45) is 0 Å². The Bertz CT molecular complexity index is 1100. The molecule has 0 spiro atoms. The van der Waals surface area contributed by atoms with Crippen LogP contribution in [0.2, 0.25) is 0 Å². The summed E-state index contributed by atoms with van der Waals surface area (Å²) in [6.07, 6.45) is 8.17. The van der Waals surface area contributed by atoms with E-state index in [1.165, 1.54) is 6.42 Å². The Balaban J connectivity index is 1.41. The summed E-state index contributed by atoms with van der Waals surface area (Å²) in [5, 5.41) is 2.97. The van der Waals surface area contributed by atoms with Crippen LogP contribution >= 0.6 is 0 Å². The third-order valence-corrected chi connectivity index (χ3v) is 5.87. The van der Waals surface area contributed by atoms with E-state index in [0.717, 1.165) is 55.8 Å². The van der Waals surface area contributed by atoms with Gasteiger partial charge in [0.15, 0.2) is 5.82 Å². The van der Waals surface area contributed by atoms with Gasteiger partial charge in [-0.05, 0) is 44.7 Å². The molecule has 1 fully saturated rings. The highest BCUT2D eigenvalue weighted by atomic mass is 16.2. The molecule has 8 nitrogen and oxygen atoms in total. The van der Waals surface area contributed by atoms with Crippen LogP contribution in [0.25, 0.3) is 11.0 Å². The largest absolute Gasteiger partial charge is 0.356 e. The number of carbonyl (C=O) groups excluding carboxylic acids is 1. The summed E-state index contributed by atoms with van der Waals surface area (Å²) in [4.78, 5) is 36.6. The van der Waals surface area contributed by atoms with Crippen molar-refractivity contribution in [1.29, 1.82) is 0 Å². The molecule has 164 valence electrons. The van der Waals surface area contributed by atoms with Crippen LogP contribution in [0.3, 0.4) is 0 Å². The maximum Gasteiger partial charge on any atom is 0.294 e. The molecule has 1 amide bonds. The van der Waals surface area contributed by atoms with E-state index < -0.39 is 0 Å². The molecular formula is C23H30N6O2. The topological polar surface area (TPSA) is 85.0 Å². The summed E-state index contributed by atoms with van der Waals surface area (Å²) >= 11 is 0. The van der Waals surface area contributed by atoms with Gasteiger partial charge < -0.3 is 19.4 Å². The second-order valence-electron chi connectivity index (χ2n) is 8.05. The second kappa shape index (κ2) is 9.76. The zero-order valence-electron chi connectivity index (χ0n) is 18.1. The van der Waals surface area contributed by atoms with Gasteiger partial charge in [0, 0.05) is 51.5 Å². The van der Waals surface area contributed by atoms with Crippen molar-refractivity contribution >= 4 is 22.8 Å². The Morgan fingerprint density at radius 3 is 2.71 bits per heavy atom. The first-order valence-corrected chi connectivity index (χ1v) is 11.1. The number of nitrogens with zero attached hydrogens (tertiary/aromatic N) is 5. The fourth-order valence-corrected chi connectivity index (χ4v) is 4.13. The Morgan fingerprint density at radius 1 is 1.13 bits per heavy atom. The van der Waals surface area contributed by atoms with Crippen molar-refractivity contribution < 1.29 is 4.79 Å². The minimum absolute atomic E-state index is 0.0466. The maximum atomic E-state index is 13.2. The number of hydrogen-bond donors (Lipinski definition) is 1. The summed E-state index contributed by atoms with van der Waals surface area (Å²) in [6.45, 7) is 5.44. The molecule has 0 saturated carbocycles. The van der Waals surface area contributed by atoms with Crippen molar-refractivity contribution in [3.63, 3.8) is 0 Å². The van der Waals surface area contributed by atoms with E-state index >= 15 is 0 Å². The van der Waals surface area contributed by atoms with Crippen LogP contribution in [0.5, 0.6) is 0 Å². The van der Waals surface area contributed by atoms with E-state index in [1.807, 2.05) is 37.4 Å². The predicted molar refractivity (Wildman–Crippen MR) is 121 cm³/mol. The molecule has 1 N–H and O–H groups in total. The highest BCUT2D eigenvalue weighted by Crippen LogP contribution is 2.18. The lowest BCUT2D eigenvalue weighted by atomic mass is 10.1. The van der Waals surface area contributed by atoms with Crippen molar-refractivity contribution in [1.82, 2.24) is 24.4 Å². The summed E-state index contributed by atoms with van der Waals surface area (Å²) in [5.74, 6) is 1.43. The van der Waals surface area contributed by atoms with Gasteiger partial charge in [0.05, 0.1) is 11.0 Å². The van der Waals surface area contributed by atoms with E-state index in [-0.39, 0.29) is 17.9 Å². The van der Waals surface area contributed by atoms with Crippen LogP contribution in [0.1, 0.15) is 37.9 Å². The average Bonchev–Trinajstić information content (AvgIpc) is 3.21. The highest BCUT2D eigenvalue weighted by molar-refractivity contribution is 5.78. The third-order valence-electron chi connectivity index (χ3n) is 5.87. The fraction of sp³-hybridized carbons (Fsp3) is 0.478. The standard InChI is InChI=1S/C23H30N6O2/c1-18-24-12-17-27(18)15-7-11-25-21(30)10-16-29-20-9-4-3-8-19(20)26-22(23(29)31)28-13-5-2-6-14-28/h3-4,8-9,12,17H,2,5-7,10-11,13-16H2,1H3,(H,25,30). The SMILES string of the molecule is Cc1nccn1CCCNC(=O)CCn1c(=O)c(N2CCCCC2)nc2ccccc21. The number of hydrogen-bond acceptors (Lipinski definition) is 5. The minimum atomic E-state index is -0.107. The molecule has 1 aromatic carbocycles. The summed E-state index contributed by atoms with van der Waals surface area (Å²) in [6, 6.07) is 7.66. The van der Waals surface area contributed by atoms with Crippen molar-refractivity contribution in [3.8, 4) is 0 Å². The fourth-order valence-electron chi connectivity index (χ4n) is 4.13. The molecule has 31 heavy (non-hydrogen) atoms. The van der Waals surface area contributed by atoms with E-state index in [0.29, 0.717) is 18.9 Å². The predicted octanol–water partition coefficient (Wildman–Crippen LogP) is 2.49. The molecule has 0 atom stereocenters. The third kappa shape index (κ3) is 4.95. The minimum Gasteiger partial charge on any atom is -0.356 e. The van der Waals surface area contributed by atoms with Crippen LogP contribution < -0.4 is 15.8 Å². The summed E-state index contributed by atoms with van der Waals surface area (Å²) in [5.41, 5.74) is 1.46. The Hall–Kier alpha value is -3.16. The lowest BCUT2D eigenvalue weighted by molar-refractivity contribution is -0.121. The number of fused-ring (bicyclic) bond motifs is 1. The van der Waals surface area contributed by atoms with Crippen molar-refractivity contribution in [2.75, 3.05) is 24.5 Å². The smallest absolute Gasteiger partial charge is 0.294 e. The quantitative estimate of drug-likeness (QED) is 0.564. The monoisotopic (exact) mass is 422 g/mol. The van der Waals surface area contributed by atoms with E-state index in [1.54, 1.807) is 10.8 Å². The van der Waals surface area contributed by atoms with Crippen LogP contribution in [-0.4, -0.2) is 44.6 Å². The number of anilines is 1. The number of aryl methyl sites for hydroxylation is 3. The number of amides is 1. The van der Waals surface area contributed by atoms with Crippen LogP contribution in [-0.2, 0) is 17.9 Å². The second-order valence-corrected chi connectivity index (χ2v) is 8.05. The maximum absolute atomic E-state index is 13.2. The number of piperidine rings is 1. The van der Waals surface area contributed by atoms with Crippen LogP contribution in [0.15, 0.2) is 41.5 Å². The molecular weight excluding hydrogens is 392 g/mol. The number of benzene rings is 1. The summed E-state index contributed by atoms with van der Waals surface area (Å²) < 4.78 is 3.78. The summed E-state index contributed by atoms with van der Waals surface area (Å²) in [7, 11) is 0. The van der Waals surface area contributed by atoms with E-state index in [2.05, 4.69) is 24.8 Å². The molecule has 0 radical (unpaired) electrons. The first-order chi connectivity index (χ1) is 15.1. The molecule has 4 rings (SSSR count). The van der Waals surface area contributed by atoms with Gasteiger partial charge in [-0.2, -0.15) is 0 Å². The normalized spacial score (nSPS) is 14.2. The molecule has 8 heteroatoms. The van der Waals surface area contributed by atoms with Crippen LogP contribution in [0.4, 0.5) is 5.82 Å². The molecule has 0 unspecified atom stereocenters. The molecule has 1 aliphatic rings. The number of imidazole rings is 1. The Morgan fingerprint density at radius 2 is 1.94 bits per heavy atom. The number of para-hydroxylation sites is 2. The first kappa shape index (κ1) is 21.1. The zero-order valence-corrected chi connectivity index (χ0v) is 18.1. The van der Waals surface area contributed by atoms with Gasteiger partial charge in [0.2, 0.25) is 5.91 Å². The number of nitrogens with one attached hydrogen (secondary N) is 1. The zero-order chi connectivity index (χ0) is 21.6. The van der Waals surface area contributed by atoms with Gasteiger partial charge in [-0.3, -0.25) is 9.59 Å². The molecule has 3 heterocycles. The van der Waals surface area contributed by atoms with Gasteiger partial charge in [-0.15, -0.1) is 0 Å². The van der Waals surface area contributed by atoms with E-state index in [9.17, 15) is 9.59 Å². The molecule has 3 aromatic rings. The van der Waals surface area contributed by atoms with Gasteiger partial charge in [0.25, 0.3) is 5.56 Å². The number of rotatable bonds is 8. The molecule has 2 aromatic heterocycles. The number of carbonyl (C=O) groups is 1. The molecule has 0 aliphatic carbocycles. The van der Waals surface area contributed by atoms with E-state index in [4.69, 9.17) is 0 Å². The Kier molecular flexibility index (Phi) is 6.64. The average molecular weight is 423 g/mol. The van der Waals surface area contributed by atoms with Gasteiger partial charge in [0.1, 0.15) is 5.82 Å². The lowest BCUT2D eigenvalue weighted by Gasteiger charge is -2.27. The van der Waals surface area contributed by atoms with Gasteiger partial charge in [-0.25, -0.2) is 9.97 Å². The lowest BCUT2D eigenvalue weighted by Crippen LogP contribution is -2.37. The van der Waals surface area contributed by atoms with Crippen molar-refractivity contribution in [2.45, 2.75) is 52.1 Å². The Labute approximate surface area is 181 Å². The van der Waals surface area contributed by atoms with Gasteiger partial charge in [-0.1, -0.05) is 12.1 Å². The highest BCUT2D eigenvalue weighted by Gasteiger charge is 2.19. The van der Waals surface area contributed by atoms with Crippen LogP contribution in [0, 0.1) is 6.92 Å².